The minimum absolute atomic E-state index is 0.0671. The van der Waals surface area contributed by atoms with E-state index in [0.717, 1.165) is 0 Å². The first kappa shape index (κ1) is 25.0. The number of fused-ring (bicyclic) bond motifs is 2. The zero-order valence-corrected chi connectivity index (χ0v) is 21.0. The fourth-order valence-electron chi connectivity index (χ4n) is 6.15. The summed E-state index contributed by atoms with van der Waals surface area (Å²) in [5.41, 5.74) is -1.73. The first-order valence-electron chi connectivity index (χ1n) is 12.5. The SMILES string of the molecule is C[C@]12C=CCCOC(=O)[C@H]1[C@H]1C(=O)N(CCCCCO)C3C(=O)N(c4ccc(Cl)cc4)CC=C[C@@]31O2. The number of benzene rings is 1. The Bertz CT molecular complexity index is 1100. The maximum Gasteiger partial charge on any atom is 0.313 e. The number of rotatable bonds is 6. The highest BCUT2D eigenvalue weighted by Crippen LogP contribution is 2.57. The molecule has 5 rings (SSSR count). The minimum Gasteiger partial charge on any atom is -0.465 e. The van der Waals surface area contributed by atoms with Crippen molar-refractivity contribution in [3.8, 4) is 0 Å². The lowest BCUT2D eigenvalue weighted by Gasteiger charge is -2.37. The molecule has 0 radical (unpaired) electrons. The predicted octanol–water partition coefficient (Wildman–Crippen LogP) is 2.88. The van der Waals surface area contributed by atoms with E-state index in [4.69, 9.17) is 21.1 Å². The Morgan fingerprint density at radius 1 is 1.03 bits per heavy atom. The maximum atomic E-state index is 14.2. The normalized spacial score (nSPS) is 33.5. The van der Waals surface area contributed by atoms with Crippen molar-refractivity contribution in [3.05, 3.63) is 53.6 Å². The van der Waals surface area contributed by atoms with E-state index in [9.17, 15) is 19.5 Å². The van der Waals surface area contributed by atoms with E-state index in [1.54, 1.807) is 41.0 Å². The van der Waals surface area contributed by atoms with Crippen molar-refractivity contribution in [2.45, 2.75) is 49.9 Å². The maximum absolute atomic E-state index is 14.2. The molecule has 4 heterocycles. The first-order chi connectivity index (χ1) is 17.3. The van der Waals surface area contributed by atoms with Crippen LogP contribution in [0.1, 0.15) is 32.6 Å². The summed E-state index contributed by atoms with van der Waals surface area (Å²) in [7, 11) is 0. The van der Waals surface area contributed by atoms with Crippen LogP contribution in [0.2, 0.25) is 5.02 Å². The number of aliphatic hydroxyl groups excluding tert-OH is 1. The van der Waals surface area contributed by atoms with E-state index >= 15 is 0 Å². The topological polar surface area (TPSA) is 96.4 Å². The van der Waals surface area contributed by atoms with Gasteiger partial charge in [-0.2, -0.15) is 0 Å². The molecule has 9 heteroatoms. The Balaban J connectivity index is 1.59. The van der Waals surface area contributed by atoms with Crippen molar-refractivity contribution in [1.82, 2.24) is 4.90 Å². The molecule has 2 amide bonds. The number of carbonyl (C=O) groups is 3. The Morgan fingerprint density at radius 2 is 1.81 bits per heavy atom. The first-order valence-corrected chi connectivity index (χ1v) is 12.9. The van der Waals surface area contributed by atoms with Gasteiger partial charge in [-0.1, -0.05) is 35.9 Å². The summed E-state index contributed by atoms with van der Waals surface area (Å²) in [5, 5.41) is 9.74. The summed E-state index contributed by atoms with van der Waals surface area (Å²) in [6, 6.07) is 6.05. The van der Waals surface area contributed by atoms with E-state index in [1.807, 2.05) is 24.3 Å². The average Bonchev–Trinajstić information content (AvgIpc) is 3.16. The highest BCUT2D eigenvalue weighted by Gasteiger charge is 2.74. The Morgan fingerprint density at radius 3 is 2.56 bits per heavy atom. The van der Waals surface area contributed by atoms with Gasteiger partial charge in [-0.3, -0.25) is 14.4 Å². The van der Waals surface area contributed by atoms with Crippen LogP contribution in [0.15, 0.2) is 48.6 Å². The van der Waals surface area contributed by atoms with Crippen LogP contribution in [-0.4, -0.2) is 71.3 Å². The molecule has 1 aromatic rings. The summed E-state index contributed by atoms with van der Waals surface area (Å²) >= 11 is 6.07. The van der Waals surface area contributed by atoms with Gasteiger partial charge in [0.25, 0.3) is 5.91 Å². The highest BCUT2D eigenvalue weighted by atomic mass is 35.5. The monoisotopic (exact) mass is 514 g/mol. The molecule has 0 aromatic heterocycles. The second-order valence-electron chi connectivity index (χ2n) is 10.00. The molecule has 1 N–H and O–H groups in total. The zero-order chi connectivity index (χ0) is 25.5. The number of esters is 1. The number of nitrogens with zero attached hydrogens (tertiary/aromatic N) is 2. The summed E-state index contributed by atoms with van der Waals surface area (Å²) in [4.78, 5) is 44.7. The van der Waals surface area contributed by atoms with E-state index in [-0.39, 0.29) is 25.0 Å². The Kier molecular flexibility index (Phi) is 6.70. The predicted molar refractivity (Wildman–Crippen MR) is 133 cm³/mol. The number of ether oxygens (including phenoxy) is 2. The van der Waals surface area contributed by atoms with Crippen LogP contribution in [0.4, 0.5) is 5.69 Å². The van der Waals surface area contributed by atoms with Gasteiger partial charge >= 0.3 is 5.97 Å². The fourth-order valence-corrected chi connectivity index (χ4v) is 6.28. The van der Waals surface area contributed by atoms with Gasteiger partial charge in [-0.15, -0.1) is 0 Å². The van der Waals surface area contributed by atoms with Crippen molar-refractivity contribution in [2.75, 3.05) is 31.2 Å². The van der Waals surface area contributed by atoms with Crippen molar-refractivity contribution in [3.63, 3.8) is 0 Å². The largest absolute Gasteiger partial charge is 0.465 e. The zero-order valence-electron chi connectivity index (χ0n) is 20.3. The van der Waals surface area contributed by atoms with Crippen molar-refractivity contribution in [1.29, 1.82) is 0 Å². The van der Waals surface area contributed by atoms with E-state index < -0.39 is 35.0 Å². The molecular formula is C27H31ClN2O6. The smallest absolute Gasteiger partial charge is 0.313 e. The number of likely N-dealkylation sites (tertiary alicyclic amines) is 1. The number of anilines is 1. The number of carbonyl (C=O) groups excluding carboxylic acids is 3. The number of hydrogen-bond donors (Lipinski definition) is 1. The highest BCUT2D eigenvalue weighted by molar-refractivity contribution is 6.30. The lowest BCUT2D eigenvalue weighted by Crippen LogP contribution is -2.56. The molecule has 1 spiro atoms. The molecule has 36 heavy (non-hydrogen) atoms. The van der Waals surface area contributed by atoms with Gasteiger partial charge in [0.05, 0.1) is 18.1 Å². The van der Waals surface area contributed by atoms with Crippen LogP contribution in [-0.2, 0) is 23.9 Å². The summed E-state index contributed by atoms with van der Waals surface area (Å²) < 4.78 is 12.2. The van der Waals surface area contributed by atoms with E-state index in [2.05, 4.69) is 0 Å². The van der Waals surface area contributed by atoms with Crippen LogP contribution in [0, 0.1) is 11.8 Å². The van der Waals surface area contributed by atoms with Gasteiger partial charge in [0.2, 0.25) is 5.91 Å². The Labute approximate surface area is 215 Å². The van der Waals surface area contributed by atoms with Crippen molar-refractivity contribution < 1.29 is 29.0 Å². The second kappa shape index (κ2) is 9.65. The van der Waals surface area contributed by atoms with Crippen LogP contribution < -0.4 is 4.90 Å². The molecule has 2 saturated heterocycles. The van der Waals surface area contributed by atoms with Gasteiger partial charge < -0.3 is 24.4 Å². The molecule has 8 nitrogen and oxygen atoms in total. The molecule has 4 aliphatic rings. The third-order valence-corrected chi connectivity index (χ3v) is 7.97. The lowest BCUT2D eigenvalue weighted by atomic mass is 9.74. The van der Waals surface area contributed by atoms with Crippen molar-refractivity contribution >= 4 is 35.1 Å². The number of aliphatic hydroxyl groups is 1. The minimum atomic E-state index is -1.31. The van der Waals surface area contributed by atoms with Gasteiger partial charge in [-0.05, 0) is 56.9 Å². The van der Waals surface area contributed by atoms with Gasteiger partial charge in [0.15, 0.2) is 0 Å². The summed E-state index contributed by atoms with van der Waals surface area (Å²) in [6.07, 6.45) is 9.92. The van der Waals surface area contributed by atoms with Crippen LogP contribution in [0.5, 0.6) is 0 Å². The number of halogens is 1. The molecule has 0 saturated carbocycles. The van der Waals surface area contributed by atoms with E-state index in [0.29, 0.717) is 49.5 Å². The number of cyclic esters (lactones) is 1. The molecular weight excluding hydrogens is 484 g/mol. The molecule has 5 atom stereocenters. The van der Waals surface area contributed by atoms with Gasteiger partial charge in [0.1, 0.15) is 17.6 Å². The van der Waals surface area contributed by atoms with E-state index in [1.165, 1.54) is 0 Å². The molecule has 0 bridgehead atoms. The molecule has 2 fully saturated rings. The molecule has 1 aromatic carbocycles. The molecule has 1 unspecified atom stereocenters. The summed E-state index contributed by atoms with van der Waals surface area (Å²) in [5.74, 6) is -2.77. The van der Waals surface area contributed by atoms with Gasteiger partial charge in [-0.25, -0.2) is 0 Å². The summed E-state index contributed by atoms with van der Waals surface area (Å²) in [6.45, 7) is 2.72. The van der Waals surface area contributed by atoms with Crippen molar-refractivity contribution in [2.24, 2.45) is 11.8 Å². The third-order valence-electron chi connectivity index (χ3n) is 7.72. The molecule has 192 valence electrons. The van der Waals surface area contributed by atoms with Crippen LogP contribution >= 0.6 is 11.6 Å². The van der Waals surface area contributed by atoms with Crippen LogP contribution in [0.25, 0.3) is 0 Å². The Hall–Kier alpha value is -2.68. The standard InChI is InChI=1S/C27H31ClN2O6/c1-26-12-3-6-17-35-25(34)21(26)20-23(32)30(14-4-2-5-16-31)22-24(33)29(15-7-13-27(20,22)36-26)19-10-8-18(28)9-11-19/h3,7-13,20-22,31H,2,4-6,14-17H2,1H3/t20-,21+,22?,26-,27-/m0/s1. The third kappa shape index (κ3) is 3.96. The lowest BCUT2D eigenvalue weighted by molar-refractivity contribution is -0.159. The number of unbranched alkanes of at least 4 members (excludes halogenated alkanes) is 2. The van der Waals surface area contributed by atoms with Gasteiger partial charge in [0, 0.05) is 30.4 Å². The fraction of sp³-hybridized carbons (Fsp3) is 0.519. The number of hydrogen-bond acceptors (Lipinski definition) is 6. The second-order valence-corrected chi connectivity index (χ2v) is 10.4. The number of amides is 2. The molecule has 0 aliphatic carbocycles. The quantitative estimate of drug-likeness (QED) is 0.356. The average molecular weight is 515 g/mol. The van der Waals surface area contributed by atoms with Crippen LogP contribution in [0.3, 0.4) is 0 Å². The molecule has 4 aliphatic heterocycles.